The second kappa shape index (κ2) is 4.12. The van der Waals surface area contributed by atoms with Crippen LogP contribution in [0.1, 0.15) is 33.6 Å². The zero-order chi connectivity index (χ0) is 11.0. The summed E-state index contributed by atoms with van der Waals surface area (Å²) in [4.78, 5) is 14.4. The van der Waals surface area contributed by atoms with E-state index in [4.69, 9.17) is 0 Å². The summed E-state index contributed by atoms with van der Waals surface area (Å²) in [5.41, 5.74) is 0. The maximum atomic E-state index is 12.3. The van der Waals surface area contributed by atoms with Crippen LogP contribution in [0.25, 0.3) is 0 Å². The Morgan fingerprint density at radius 1 is 1.27 bits per heavy atom. The summed E-state index contributed by atoms with van der Waals surface area (Å²) in [6.07, 6.45) is 2.34. The van der Waals surface area contributed by atoms with Crippen molar-refractivity contribution in [2.24, 2.45) is 11.8 Å². The molecule has 0 aromatic carbocycles. The lowest BCUT2D eigenvalue weighted by Crippen LogP contribution is -2.52. The Labute approximate surface area is 92.2 Å². The molecule has 2 fully saturated rings. The SMILES string of the molecule is CC(C(=O)N1C(C)CCC1C)C1CNC1. The largest absolute Gasteiger partial charge is 0.337 e. The van der Waals surface area contributed by atoms with Gasteiger partial charge in [-0.05, 0) is 45.7 Å². The summed E-state index contributed by atoms with van der Waals surface area (Å²) in [5.74, 6) is 1.14. The molecule has 86 valence electrons. The average Bonchev–Trinajstić information content (AvgIpc) is 2.42. The van der Waals surface area contributed by atoms with Crippen molar-refractivity contribution < 1.29 is 4.79 Å². The first-order valence-electron chi connectivity index (χ1n) is 6.14. The molecule has 0 aromatic rings. The van der Waals surface area contributed by atoms with Gasteiger partial charge in [0, 0.05) is 18.0 Å². The molecule has 1 N–H and O–H groups in total. The number of hydrogen-bond donors (Lipinski definition) is 1. The van der Waals surface area contributed by atoms with Crippen LogP contribution in [0.5, 0.6) is 0 Å². The first-order valence-corrected chi connectivity index (χ1v) is 6.14. The third-order valence-corrected chi connectivity index (χ3v) is 4.12. The number of carbonyl (C=O) groups is 1. The summed E-state index contributed by atoms with van der Waals surface area (Å²) >= 11 is 0. The van der Waals surface area contributed by atoms with Crippen LogP contribution in [-0.2, 0) is 4.79 Å². The summed E-state index contributed by atoms with van der Waals surface area (Å²) in [5, 5.41) is 3.24. The van der Waals surface area contributed by atoms with Crippen LogP contribution < -0.4 is 5.32 Å². The van der Waals surface area contributed by atoms with Crippen molar-refractivity contribution in [2.45, 2.75) is 45.7 Å². The first-order chi connectivity index (χ1) is 7.11. The second-order valence-electron chi connectivity index (χ2n) is 5.23. The molecule has 3 atom stereocenters. The van der Waals surface area contributed by atoms with Crippen molar-refractivity contribution in [1.29, 1.82) is 0 Å². The van der Waals surface area contributed by atoms with Crippen LogP contribution in [0.2, 0.25) is 0 Å². The van der Waals surface area contributed by atoms with Crippen LogP contribution in [0, 0.1) is 11.8 Å². The smallest absolute Gasteiger partial charge is 0.226 e. The molecule has 0 bridgehead atoms. The fourth-order valence-corrected chi connectivity index (χ4v) is 2.73. The lowest BCUT2D eigenvalue weighted by atomic mass is 9.87. The van der Waals surface area contributed by atoms with Gasteiger partial charge in [0.2, 0.25) is 5.91 Å². The summed E-state index contributed by atoms with van der Waals surface area (Å²) < 4.78 is 0. The van der Waals surface area contributed by atoms with E-state index < -0.39 is 0 Å². The molecule has 2 aliphatic heterocycles. The van der Waals surface area contributed by atoms with Gasteiger partial charge in [0.05, 0.1) is 0 Å². The zero-order valence-corrected chi connectivity index (χ0v) is 9.99. The zero-order valence-electron chi connectivity index (χ0n) is 9.99. The van der Waals surface area contributed by atoms with Crippen LogP contribution >= 0.6 is 0 Å². The number of likely N-dealkylation sites (tertiary alicyclic amines) is 1. The van der Waals surface area contributed by atoms with Crippen molar-refractivity contribution in [3.63, 3.8) is 0 Å². The molecule has 2 rings (SSSR count). The Kier molecular flexibility index (Phi) is 3.01. The maximum absolute atomic E-state index is 12.3. The van der Waals surface area contributed by atoms with Gasteiger partial charge >= 0.3 is 0 Å². The van der Waals surface area contributed by atoms with Gasteiger partial charge in [0.15, 0.2) is 0 Å². The van der Waals surface area contributed by atoms with Gasteiger partial charge in [-0.25, -0.2) is 0 Å². The van der Waals surface area contributed by atoms with Gasteiger partial charge in [-0.15, -0.1) is 0 Å². The molecule has 1 amide bonds. The number of nitrogens with one attached hydrogen (secondary N) is 1. The highest BCUT2D eigenvalue weighted by atomic mass is 16.2. The third kappa shape index (κ3) is 1.89. The molecular weight excluding hydrogens is 188 g/mol. The van der Waals surface area contributed by atoms with E-state index in [0.717, 1.165) is 13.1 Å². The van der Waals surface area contributed by atoms with Gasteiger partial charge in [-0.2, -0.15) is 0 Å². The van der Waals surface area contributed by atoms with Gasteiger partial charge in [0.1, 0.15) is 0 Å². The van der Waals surface area contributed by atoms with Crippen molar-refractivity contribution in [2.75, 3.05) is 13.1 Å². The van der Waals surface area contributed by atoms with Gasteiger partial charge in [0.25, 0.3) is 0 Å². The molecule has 0 saturated carbocycles. The highest BCUT2D eigenvalue weighted by Crippen LogP contribution is 2.28. The minimum absolute atomic E-state index is 0.203. The number of nitrogens with zero attached hydrogens (tertiary/aromatic N) is 1. The highest BCUT2D eigenvalue weighted by molar-refractivity contribution is 5.80. The molecule has 0 spiro atoms. The summed E-state index contributed by atoms with van der Waals surface area (Å²) in [6.45, 7) is 8.47. The van der Waals surface area contributed by atoms with E-state index in [1.165, 1.54) is 12.8 Å². The maximum Gasteiger partial charge on any atom is 0.226 e. The lowest BCUT2D eigenvalue weighted by Gasteiger charge is -2.36. The Balaban J connectivity index is 1.99. The Morgan fingerprint density at radius 3 is 2.20 bits per heavy atom. The predicted molar refractivity (Wildman–Crippen MR) is 60.5 cm³/mol. The van der Waals surface area contributed by atoms with E-state index >= 15 is 0 Å². The van der Waals surface area contributed by atoms with Gasteiger partial charge < -0.3 is 10.2 Å². The molecule has 0 aromatic heterocycles. The minimum Gasteiger partial charge on any atom is -0.337 e. The van der Waals surface area contributed by atoms with Crippen LogP contribution in [0.15, 0.2) is 0 Å². The lowest BCUT2D eigenvalue weighted by molar-refractivity contribution is -0.139. The molecule has 15 heavy (non-hydrogen) atoms. The minimum atomic E-state index is 0.203. The quantitative estimate of drug-likeness (QED) is 0.744. The molecule has 3 unspecified atom stereocenters. The molecule has 2 saturated heterocycles. The Bertz CT molecular complexity index is 240. The van der Waals surface area contributed by atoms with Crippen molar-refractivity contribution in [3.05, 3.63) is 0 Å². The van der Waals surface area contributed by atoms with Crippen LogP contribution in [0.4, 0.5) is 0 Å². The fraction of sp³-hybridized carbons (Fsp3) is 0.917. The van der Waals surface area contributed by atoms with E-state index in [1.54, 1.807) is 0 Å². The molecular formula is C12H22N2O. The van der Waals surface area contributed by atoms with Crippen molar-refractivity contribution in [1.82, 2.24) is 10.2 Å². The normalized spacial score (nSPS) is 33.9. The highest BCUT2D eigenvalue weighted by Gasteiger charge is 2.37. The monoisotopic (exact) mass is 210 g/mol. The topological polar surface area (TPSA) is 32.3 Å². The summed E-state index contributed by atoms with van der Waals surface area (Å²) in [6, 6.07) is 0.894. The molecule has 3 nitrogen and oxygen atoms in total. The molecule has 0 aliphatic carbocycles. The number of hydrogen-bond acceptors (Lipinski definition) is 2. The van der Waals surface area contributed by atoms with Crippen molar-refractivity contribution in [3.8, 4) is 0 Å². The van der Waals surface area contributed by atoms with Crippen molar-refractivity contribution >= 4 is 5.91 Å². The van der Waals surface area contributed by atoms with E-state index in [2.05, 4.69) is 31.0 Å². The van der Waals surface area contributed by atoms with Crippen LogP contribution in [0.3, 0.4) is 0 Å². The number of amides is 1. The van der Waals surface area contributed by atoms with E-state index in [1.807, 2.05) is 0 Å². The fourth-order valence-electron chi connectivity index (χ4n) is 2.73. The Hall–Kier alpha value is -0.570. The number of carbonyl (C=O) groups excluding carboxylic acids is 1. The van der Waals surface area contributed by atoms with Gasteiger partial charge in [-0.1, -0.05) is 6.92 Å². The summed E-state index contributed by atoms with van der Waals surface area (Å²) in [7, 11) is 0. The average molecular weight is 210 g/mol. The van der Waals surface area contributed by atoms with E-state index in [-0.39, 0.29) is 5.92 Å². The van der Waals surface area contributed by atoms with E-state index in [9.17, 15) is 4.79 Å². The van der Waals surface area contributed by atoms with Crippen LogP contribution in [-0.4, -0.2) is 36.0 Å². The first kappa shape index (κ1) is 10.9. The molecule has 2 aliphatic rings. The number of rotatable bonds is 2. The third-order valence-electron chi connectivity index (χ3n) is 4.12. The predicted octanol–water partition coefficient (Wildman–Crippen LogP) is 1.24. The van der Waals surface area contributed by atoms with E-state index in [0.29, 0.717) is 23.9 Å². The Morgan fingerprint density at radius 2 is 1.80 bits per heavy atom. The van der Waals surface area contributed by atoms with Gasteiger partial charge in [-0.3, -0.25) is 4.79 Å². The standard InChI is InChI=1S/C12H22N2O/c1-8-4-5-9(2)14(8)12(15)10(3)11-6-13-7-11/h8-11,13H,4-7H2,1-3H3. The second-order valence-corrected chi connectivity index (χ2v) is 5.23. The molecule has 0 radical (unpaired) electrons. The molecule has 3 heteroatoms. The molecule has 2 heterocycles.